The van der Waals surface area contributed by atoms with Crippen molar-refractivity contribution in [3.8, 4) is 0 Å². The molecule has 1 amide bonds. The molecule has 2 fully saturated rings. The molecule has 0 atom stereocenters. The first-order valence-corrected chi connectivity index (χ1v) is 7.27. The average Bonchev–Trinajstić information content (AvgIpc) is 3.15. The first-order chi connectivity index (χ1) is 9.81. The van der Waals surface area contributed by atoms with E-state index in [1.807, 2.05) is 0 Å². The Balaban J connectivity index is 1.41. The van der Waals surface area contributed by atoms with Crippen LogP contribution >= 0.6 is 0 Å². The Morgan fingerprint density at radius 1 is 1.35 bits per heavy atom. The standard InChI is InChI=1S/C13H20N4O3/c18-13(15-9-1-2-9)12-16-11(20-17-12)5-8-19-10-3-6-14-7-4-10/h9-10,14H,1-8H2,(H,15,18). The van der Waals surface area contributed by atoms with Gasteiger partial charge in [0.05, 0.1) is 19.1 Å². The third-order valence-electron chi connectivity index (χ3n) is 3.54. The smallest absolute Gasteiger partial charge is 0.292 e. The van der Waals surface area contributed by atoms with Gasteiger partial charge < -0.3 is 19.9 Å². The van der Waals surface area contributed by atoms with E-state index in [9.17, 15) is 4.79 Å². The maximum atomic E-state index is 11.7. The summed E-state index contributed by atoms with van der Waals surface area (Å²) < 4.78 is 10.8. The molecule has 1 aromatic rings. The predicted molar refractivity (Wildman–Crippen MR) is 70.3 cm³/mol. The molecule has 1 aliphatic carbocycles. The zero-order valence-electron chi connectivity index (χ0n) is 11.4. The minimum atomic E-state index is -0.248. The minimum Gasteiger partial charge on any atom is -0.378 e. The third kappa shape index (κ3) is 3.77. The number of hydrogen-bond acceptors (Lipinski definition) is 6. The monoisotopic (exact) mass is 280 g/mol. The second kappa shape index (κ2) is 6.32. The topological polar surface area (TPSA) is 89.3 Å². The summed E-state index contributed by atoms with van der Waals surface area (Å²) in [5, 5.41) is 9.82. The highest BCUT2D eigenvalue weighted by molar-refractivity contribution is 5.90. The van der Waals surface area contributed by atoms with Gasteiger partial charge in [0.25, 0.3) is 11.7 Å². The predicted octanol–water partition coefficient (Wildman–Crippen LogP) is 0.273. The average molecular weight is 280 g/mol. The minimum absolute atomic E-state index is 0.119. The van der Waals surface area contributed by atoms with Gasteiger partial charge >= 0.3 is 0 Å². The summed E-state index contributed by atoms with van der Waals surface area (Å²) in [6.07, 6.45) is 5.03. The molecule has 7 nitrogen and oxygen atoms in total. The number of aromatic nitrogens is 2. The van der Waals surface area contributed by atoms with Crippen LogP contribution in [0.15, 0.2) is 4.52 Å². The Bertz CT molecular complexity index is 452. The van der Waals surface area contributed by atoms with Crippen molar-refractivity contribution in [1.29, 1.82) is 0 Å². The van der Waals surface area contributed by atoms with Crippen molar-refractivity contribution in [3.63, 3.8) is 0 Å². The summed E-state index contributed by atoms with van der Waals surface area (Å²) in [7, 11) is 0. The summed E-state index contributed by atoms with van der Waals surface area (Å²) >= 11 is 0. The van der Waals surface area contributed by atoms with E-state index in [1.54, 1.807) is 0 Å². The Kier molecular flexibility index (Phi) is 4.27. The van der Waals surface area contributed by atoms with E-state index in [0.29, 0.717) is 31.1 Å². The van der Waals surface area contributed by atoms with E-state index in [4.69, 9.17) is 9.26 Å². The zero-order valence-corrected chi connectivity index (χ0v) is 11.4. The fraction of sp³-hybridized carbons (Fsp3) is 0.769. The SMILES string of the molecule is O=C(NC1CC1)c1noc(CCOC2CCNCC2)n1. The molecule has 3 rings (SSSR count). The maximum Gasteiger partial charge on any atom is 0.292 e. The second-order valence-corrected chi connectivity index (χ2v) is 5.33. The maximum absolute atomic E-state index is 11.7. The lowest BCUT2D eigenvalue weighted by molar-refractivity contribution is 0.0322. The molecule has 2 heterocycles. The number of amides is 1. The normalized spacial score (nSPS) is 20.0. The molecular weight excluding hydrogens is 260 g/mol. The lowest BCUT2D eigenvalue weighted by atomic mass is 10.1. The van der Waals surface area contributed by atoms with Gasteiger partial charge in [-0.25, -0.2) is 0 Å². The van der Waals surface area contributed by atoms with E-state index in [2.05, 4.69) is 20.8 Å². The van der Waals surface area contributed by atoms with E-state index in [1.165, 1.54) is 0 Å². The number of ether oxygens (including phenoxy) is 1. The van der Waals surface area contributed by atoms with Gasteiger partial charge in [-0.15, -0.1) is 0 Å². The van der Waals surface area contributed by atoms with Crippen LogP contribution in [0.4, 0.5) is 0 Å². The van der Waals surface area contributed by atoms with Gasteiger partial charge in [-0.3, -0.25) is 4.79 Å². The number of carbonyl (C=O) groups is 1. The van der Waals surface area contributed by atoms with E-state index in [-0.39, 0.29) is 11.7 Å². The van der Waals surface area contributed by atoms with E-state index in [0.717, 1.165) is 38.8 Å². The van der Waals surface area contributed by atoms with Crippen molar-refractivity contribution in [2.24, 2.45) is 0 Å². The molecule has 1 saturated carbocycles. The highest BCUT2D eigenvalue weighted by Gasteiger charge is 2.26. The number of carbonyl (C=O) groups excluding carboxylic acids is 1. The first-order valence-electron chi connectivity index (χ1n) is 7.27. The van der Waals surface area contributed by atoms with Crippen molar-refractivity contribution < 1.29 is 14.1 Å². The number of piperidine rings is 1. The zero-order chi connectivity index (χ0) is 13.8. The van der Waals surface area contributed by atoms with Crippen LogP contribution in [0, 0.1) is 0 Å². The van der Waals surface area contributed by atoms with Crippen molar-refractivity contribution >= 4 is 5.91 Å². The lowest BCUT2D eigenvalue weighted by Gasteiger charge is -2.22. The molecule has 0 radical (unpaired) electrons. The van der Waals surface area contributed by atoms with Gasteiger partial charge in [0, 0.05) is 6.04 Å². The molecule has 110 valence electrons. The van der Waals surface area contributed by atoms with Crippen LogP contribution in [0.3, 0.4) is 0 Å². The quantitative estimate of drug-likeness (QED) is 0.777. The van der Waals surface area contributed by atoms with Gasteiger partial charge in [-0.2, -0.15) is 4.98 Å². The summed E-state index contributed by atoms with van der Waals surface area (Å²) in [5.41, 5.74) is 0. The van der Waals surface area contributed by atoms with Gasteiger partial charge in [0.1, 0.15) is 0 Å². The molecule has 0 aromatic carbocycles. The largest absolute Gasteiger partial charge is 0.378 e. The van der Waals surface area contributed by atoms with Crippen LogP contribution in [0.5, 0.6) is 0 Å². The van der Waals surface area contributed by atoms with Crippen LogP contribution in [0.25, 0.3) is 0 Å². The lowest BCUT2D eigenvalue weighted by Crippen LogP contribution is -2.32. The number of rotatable bonds is 6. The number of hydrogen-bond donors (Lipinski definition) is 2. The Morgan fingerprint density at radius 3 is 2.90 bits per heavy atom. The highest BCUT2D eigenvalue weighted by Crippen LogP contribution is 2.19. The van der Waals surface area contributed by atoms with Gasteiger partial charge in [-0.05, 0) is 38.8 Å². The fourth-order valence-electron chi connectivity index (χ4n) is 2.20. The molecule has 20 heavy (non-hydrogen) atoms. The Hall–Kier alpha value is -1.47. The van der Waals surface area contributed by atoms with Crippen LogP contribution in [0.1, 0.15) is 42.2 Å². The third-order valence-corrected chi connectivity index (χ3v) is 3.54. The van der Waals surface area contributed by atoms with Crippen molar-refractivity contribution in [2.75, 3.05) is 19.7 Å². The summed E-state index contributed by atoms with van der Waals surface area (Å²) in [4.78, 5) is 15.8. The summed E-state index contributed by atoms with van der Waals surface area (Å²) in [6.45, 7) is 2.57. The molecule has 1 saturated heterocycles. The Labute approximate surface area is 117 Å². The van der Waals surface area contributed by atoms with Crippen LogP contribution in [-0.2, 0) is 11.2 Å². The number of nitrogens with one attached hydrogen (secondary N) is 2. The molecule has 2 N–H and O–H groups in total. The van der Waals surface area contributed by atoms with Crippen LogP contribution < -0.4 is 10.6 Å². The summed E-state index contributed by atoms with van der Waals surface area (Å²) in [6, 6.07) is 0.299. The highest BCUT2D eigenvalue weighted by atomic mass is 16.5. The summed E-state index contributed by atoms with van der Waals surface area (Å²) in [5.74, 6) is 0.329. The van der Waals surface area contributed by atoms with Crippen molar-refractivity contribution in [2.45, 2.75) is 44.2 Å². The number of nitrogens with zero attached hydrogens (tertiary/aromatic N) is 2. The second-order valence-electron chi connectivity index (χ2n) is 5.33. The first kappa shape index (κ1) is 13.5. The van der Waals surface area contributed by atoms with E-state index >= 15 is 0 Å². The fourth-order valence-corrected chi connectivity index (χ4v) is 2.20. The van der Waals surface area contributed by atoms with Crippen LogP contribution in [0.2, 0.25) is 0 Å². The molecule has 1 aliphatic heterocycles. The van der Waals surface area contributed by atoms with Crippen molar-refractivity contribution in [3.05, 3.63) is 11.7 Å². The van der Waals surface area contributed by atoms with Crippen molar-refractivity contribution in [1.82, 2.24) is 20.8 Å². The van der Waals surface area contributed by atoms with E-state index < -0.39 is 0 Å². The van der Waals surface area contributed by atoms with Gasteiger partial charge in [0.15, 0.2) is 0 Å². The molecule has 1 aromatic heterocycles. The molecule has 0 unspecified atom stereocenters. The van der Waals surface area contributed by atoms with Crippen LogP contribution in [-0.4, -0.2) is 47.9 Å². The Morgan fingerprint density at radius 2 is 2.15 bits per heavy atom. The molecule has 2 aliphatic rings. The van der Waals surface area contributed by atoms with Gasteiger partial charge in [0.2, 0.25) is 5.89 Å². The molecule has 0 bridgehead atoms. The molecule has 0 spiro atoms. The molecule has 7 heteroatoms. The van der Waals surface area contributed by atoms with Gasteiger partial charge in [-0.1, -0.05) is 5.16 Å². The molecular formula is C13H20N4O3.